The number of nitrogens with zero attached hydrogens (tertiary/aromatic N) is 3. The van der Waals surface area contributed by atoms with Crippen LogP contribution in [-0.4, -0.2) is 83.1 Å². The summed E-state index contributed by atoms with van der Waals surface area (Å²) in [7, 11) is 2.07. The highest BCUT2D eigenvalue weighted by Gasteiger charge is 2.45. The summed E-state index contributed by atoms with van der Waals surface area (Å²) in [6.07, 6.45) is 0.851. The number of hydrogen-bond donors (Lipinski definition) is 3. The van der Waals surface area contributed by atoms with Crippen LogP contribution in [-0.2, 0) is 22.6 Å². The predicted octanol–water partition coefficient (Wildman–Crippen LogP) is 2.98. The number of anilines is 1. The summed E-state index contributed by atoms with van der Waals surface area (Å²) in [5.41, 5.74) is 6.37. The van der Waals surface area contributed by atoms with Crippen LogP contribution in [0.4, 0.5) is 10.1 Å². The van der Waals surface area contributed by atoms with Crippen molar-refractivity contribution in [3.8, 4) is 11.3 Å². The third-order valence-corrected chi connectivity index (χ3v) is 9.82. The molecule has 2 saturated heterocycles. The maximum absolute atomic E-state index is 14.3. The molecule has 1 aromatic heterocycles. The molecule has 4 aliphatic heterocycles. The molecular weight excluding hydrogens is 603 g/mol. The Morgan fingerprint density at radius 3 is 2.43 bits per heavy atom. The monoisotopic (exact) mass is 634 g/mol. The second-order valence-electron chi connectivity index (χ2n) is 12.7. The van der Waals surface area contributed by atoms with Gasteiger partial charge in [0.25, 0.3) is 17.7 Å². The molecule has 0 spiro atoms. The van der Waals surface area contributed by atoms with E-state index in [1.807, 2.05) is 6.07 Å². The molecule has 238 valence electrons. The van der Waals surface area contributed by atoms with Gasteiger partial charge < -0.3 is 15.2 Å². The van der Waals surface area contributed by atoms with E-state index in [0.717, 1.165) is 58.0 Å². The van der Waals surface area contributed by atoms with Crippen molar-refractivity contribution in [2.24, 2.45) is 0 Å². The zero-order valence-corrected chi connectivity index (χ0v) is 25.6. The highest BCUT2D eigenvalue weighted by molar-refractivity contribution is 6.23. The van der Waals surface area contributed by atoms with Gasteiger partial charge in [-0.15, -0.1) is 0 Å². The van der Waals surface area contributed by atoms with Gasteiger partial charge in [-0.2, -0.15) is 0 Å². The quantitative estimate of drug-likeness (QED) is 0.278. The van der Waals surface area contributed by atoms with Crippen LogP contribution in [0, 0.1) is 5.82 Å². The number of imide groups is 2. The van der Waals surface area contributed by atoms with Crippen LogP contribution in [0.15, 0.2) is 54.6 Å². The number of aromatic amines is 1. The average Bonchev–Trinajstić information content (AvgIpc) is 3.43. The van der Waals surface area contributed by atoms with Crippen LogP contribution in [0.1, 0.15) is 55.0 Å². The van der Waals surface area contributed by atoms with Gasteiger partial charge in [0.2, 0.25) is 11.8 Å². The molecule has 1 atom stereocenters. The summed E-state index contributed by atoms with van der Waals surface area (Å²) in [6, 6.07) is 15.5. The predicted molar refractivity (Wildman–Crippen MR) is 170 cm³/mol. The number of nitrogens with one attached hydrogen (secondary N) is 3. The standard InChI is InChI=1S/C35H31FN6O5/c1-40(15-18-2-4-19(5-3-18)31-24-10-11-37-32(44)26-12-20(36)13-27(38-31)30(24)26)22-16-41(17-22)21-6-7-23-25(14-21)35(47)42(34(23)46)28-8-9-29(43)39-33(28)45/h2-7,12-14,22,28,38H,8-11,15-17H2,1H3,(H,37,44)(H,39,43,45). The lowest BCUT2D eigenvalue weighted by molar-refractivity contribution is -0.136. The number of piperidine rings is 1. The number of aromatic nitrogens is 1. The van der Waals surface area contributed by atoms with Gasteiger partial charge in [0.1, 0.15) is 11.9 Å². The van der Waals surface area contributed by atoms with Gasteiger partial charge in [0.15, 0.2) is 0 Å². The maximum Gasteiger partial charge on any atom is 0.262 e. The Bertz CT molecular complexity index is 2030. The minimum atomic E-state index is -0.986. The molecule has 12 heteroatoms. The van der Waals surface area contributed by atoms with Crippen molar-refractivity contribution < 1.29 is 28.4 Å². The van der Waals surface area contributed by atoms with Crippen LogP contribution >= 0.6 is 0 Å². The number of benzene rings is 3. The molecule has 2 fully saturated rings. The van der Waals surface area contributed by atoms with E-state index in [-0.39, 0.29) is 35.9 Å². The largest absolute Gasteiger partial charge is 0.368 e. The van der Waals surface area contributed by atoms with E-state index in [2.05, 4.69) is 56.7 Å². The number of rotatable bonds is 6. The van der Waals surface area contributed by atoms with E-state index in [0.29, 0.717) is 24.0 Å². The highest BCUT2D eigenvalue weighted by Crippen LogP contribution is 2.36. The van der Waals surface area contributed by atoms with Gasteiger partial charge >= 0.3 is 0 Å². The first-order valence-corrected chi connectivity index (χ1v) is 15.7. The van der Waals surface area contributed by atoms with E-state index >= 15 is 0 Å². The van der Waals surface area contributed by atoms with Crippen molar-refractivity contribution >= 4 is 46.1 Å². The molecule has 5 heterocycles. The molecule has 4 aromatic rings. The van der Waals surface area contributed by atoms with Gasteiger partial charge in [-0.25, -0.2) is 4.39 Å². The van der Waals surface area contributed by atoms with E-state index < -0.39 is 35.5 Å². The molecular formula is C35H31FN6O5. The maximum atomic E-state index is 14.3. The smallest absolute Gasteiger partial charge is 0.262 e. The lowest BCUT2D eigenvalue weighted by Gasteiger charge is -2.45. The number of amides is 5. The minimum Gasteiger partial charge on any atom is -0.368 e. The van der Waals surface area contributed by atoms with Gasteiger partial charge in [-0.1, -0.05) is 24.3 Å². The zero-order chi connectivity index (χ0) is 32.6. The fourth-order valence-corrected chi connectivity index (χ4v) is 7.23. The van der Waals surface area contributed by atoms with Crippen LogP contribution in [0.3, 0.4) is 0 Å². The third-order valence-electron chi connectivity index (χ3n) is 9.82. The van der Waals surface area contributed by atoms with Crippen LogP contribution in [0.2, 0.25) is 0 Å². The molecule has 4 aliphatic rings. The number of likely N-dealkylation sites (N-methyl/N-ethyl adjacent to an activating group) is 1. The normalized spacial score (nSPS) is 19.6. The van der Waals surface area contributed by atoms with Crippen LogP contribution in [0.5, 0.6) is 0 Å². The number of halogens is 1. The average molecular weight is 635 g/mol. The van der Waals surface area contributed by atoms with Crippen molar-refractivity contribution in [2.75, 3.05) is 31.6 Å². The minimum absolute atomic E-state index is 0.0804. The summed E-state index contributed by atoms with van der Waals surface area (Å²) in [5, 5.41) is 5.86. The summed E-state index contributed by atoms with van der Waals surface area (Å²) >= 11 is 0. The molecule has 0 bridgehead atoms. The molecule has 3 N–H and O–H groups in total. The third kappa shape index (κ3) is 4.78. The molecule has 0 aliphatic carbocycles. The number of H-pyrrole nitrogens is 1. The van der Waals surface area contributed by atoms with Crippen LogP contribution in [0.25, 0.3) is 22.2 Å². The first-order valence-electron chi connectivity index (χ1n) is 15.7. The van der Waals surface area contributed by atoms with Crippen molar-refractivity contribution in [1.29, 1.82) is 0 Å². The van der Waals surface area contributed by atoms with Crippen molar-refractivity contribution in [1.82, 2.24) is 25.4 Å². The van der Waals surface area contributed by atoms with Gasteiger partial charge in [-0.3, -0.25) is 39.1 Å². The molecule has 0 saturated carbocycles. The summed E-state index contributed by atoms with van der Waals surface area (Å²) in [5.74, 6) is -2.76. The number of carbonyl (C=O) groups is 5. The highest BCUT2D eigenvalue weighted by atomic mass is 19.1. The second kappa shape index (κ2) is 10.9. The molecule has 1 unspecified atom stereocenters. The van der Waals surface area contributed by atoms with Crippen molar-refractivity contribution in [3.63, 3.8) is 0 Å². The number of hydrogen-bond acceptors (Lipinski definition) is 7. The summed E-state index contributed by atoms with van der Waals surface area (Å²) in [4.78, 5) is 71.5. The fourth-order valence-electron chi connectivity index (χ4n) is 7.23. The topological polar surface area (TPSA) is 135 Å². The summed E-state index contributed by atoms with van der Waals surface area (Å²) in [6.45, 7) is 2.70. The van der Waals surface area contributed by atoms with E-state index in [1.165, 1.54) is 12.1 Å². The molecule has 3 aromatic carbocycles. The Hall–Kier alpha value is -5.36. The second-order valence-corrected chi connectivity index (χ2v) is 12.7. The van der Waals surface area contributed by atoms with E-state index in [9.17, 15) is 28.4 Å². The van der Waals surface area contributed by atoms with Crippen molar-refractivity contribution in [3.05, 3.63) is 88.2 Å². The fraction of sp³-hybridized carbons (Fsp3) is 0.286. The first-order chi connectivity index (χ1) is 22.7. The van der Waals surface area contributed by atoms with E-state index in [1.54, 1.807) is 12.1 Å². The Morgan fingerprint density at radius 1 is 0.894 bits per heavy atom. The van der Waals surface area contributed by atoms with E-state index in [4.69, 9.17) is 0 Å². The van der Waals surface area contributed by atoms with Gasteiger partial charge in [-0.05, 0) is 66.9 Å². The van der Waals surface area contributed by atoms with Gasteiger partial charge in [0.05, 0.1) is 16.7 Å². The SMILES string of the molecule is CN(Cc1ccc(-c2[nH]c3cc(F)cc4c3c2CCNC4=O)cc1)C1CN(c2ccc3c(c2)C(=O)N(C2CCC(=O)NC2=O)C3=O)C1. The lowest BCUT2D eigenvalue weighted by Crippen LogP contribution is -2.58. The molecule has 47 heavy (non-hydrogen) atoms. The molecule has 5 amide bonds. The Balaban J connectivity index is 0.926. The van der Waals surface area contributed by atoms with Gasteiger partial charge in [0, 0.05) is 60.9 Å². The zero-order valence-electron chi connectivity index (χ0n) is 25.6. The first kappa shape index (κ1) is 29.1. The Morgan fingerprint density at radius 2 is 1.66 bits per heavy atom. The van der Waals surface area contributed by atoms with Crippen molar-refractivity contribution in [2.45, 2.75) is 37.9 Å². The Kier molecular flexibility index (Phi) is 6.72. The van der Waals surface area contributed by atoms with Crippen LogP contribution < -0.4 is 15.5 Å². The molecule has 8 rings (SSSR count). The molecule has 0 radical (unpaired) electrons. The Labute approximate surface area is 268 Å². The number of fused-ring (bicyclic) bond motifs is 1. The lowest BCUT2D eigenvalue weighted by atomic mass is 9.99. The summed E-state index contributed by atoms with van der Waals surface area (Å²) < 4.78 is 14.3. The molecule has 11 nitrogen and oxygen atoms in total. The number of carbonyl (C=O) groups excluding carboxylic acids is 5.